The number of urea groups is 1. The molecule has 1 rings (SSSR count). The zero-order valence-electron chi connectivity index (χ0n) is 13.3. The van der Waals surface area contributed by atoms with Gasteiger partial charge in [-0.25, -0.2) is 4.79 Å². The highest BCUT2D eigenvalue weighted by Crippen LogP contribution is 2.14. The third kappa shape index (κ3) is 6.49. The first-order valence-corrected chi connectivity index (χ1v) is 7.25. The summed E-state index contributed by atoms with van der Waals surface area (Å²) in [6.07, 6.45) is 0. The molecule has 21 heavy (non-hydrogen) atoms. The van der Waals surface area contributed by atoms with Crippen LogP contribution in [0.25, 0.3) is 0 Å². The molecule has 1 aromatic carbocycles. The van der Waals surface area contributed by atoms with E-state index in [1.807, 2.05) is 45.0 Å². The Balaban J connectivity index is 2.19. The van der Waals surface area contributed by atoms with Gasteiger partial charge in [0.2, 0.25) is 0 Å². The van der Waals surface area contributed by atoms with Crippen LogP contribution in [0.2, 0.25) is 0 Å². The first-order chi connectivity index (χ1) is 9.81. The van der Waals surface area contributed by atoms with Gasteiger partial charge < -0.3 is 20.5 Å². The van der Waals surface area contributed by atoms with Crippen LogP contribution in [0.15, 0.2) is 24.3 Å². The summed E-state index contributed by atoms with van der Waals surface area (Å²) < 4.78 is 5.53. The summed E-state index contributed by atoms with van der Waals surface area (Å²) in [5, 5.41) is 15.4. The second-order valence-electron chi connectivity index (χ2n) is 5.79. The fourth-order valence-electron chi connectivity index (χ4n) is 1.56. The maximum Gasteiger partial charge on any atom is 0.315 e. The molecule has 0 saturated carbocycles. The average Bonchev–Trinajstić information content (AvgIpc) is 2.41. The number of nitrogens with one attached hydrogen (secondary N) is 2. The minimum absolute atomic E-state index is 0.0717. The molecule has 0 aliphatic heterocycles. The topological polar surface area (TPSA) is 70.6 Å². The van der Waals surface area contributed by atoms with E-state index in [1.165, 1.54) is 0 Å². The molecule has 0 aliphatic carbocycles. The number of rotatable bonds is 7. The molecule has 1 aromatic rings. The zero-order chi connectivity index (χ0) is 15.9. The van der Waals surface area contributed by atoms with Gasteiger partial charge in [-0.05, 0) is 37.5 Å². The summed E-state index contributed by atoms with van der Waals surface area (Å²) in [4.78, 5) is 11.6. The lowest BCUT2D eigenvalue weighted by molar-refractivity contribution is 0.0166. The molecule has 5 heteroatoms. The molecule has 2 amide bonds. The number of benzene rings is 1. The average molecular weight is 294 g/mol. The molecule has 118 valence electrons. The van der Waals surface area contributed by atoms with Crippen molar-refractivity contribution in [1.29, 1.82) is 0 Å². The third-order valence-electron chi connectivity index (χ3n) is 3.50. The number of hydrogen-bond donors (Lipinski definition) is 3. The summed E-state index contributed by atoms with van der Waals surface area (Å²) >= 11 is 0. The van der Waals surface area contributed by atoms with Gasteiger partial charge in [-0.2, -0.15) is 0 Å². The van der Waals surface area contributed by atoms with Gasteiger partial charge in [0, 0.05) is 6.54 Å². The number of aliphatic hydroxyl groups is 1. The Morgan fingerprint density at radius 3 is 2.71 bits per heavy atom. The summed E-state index contributed by atoms with van der Waals surface area (Å²) in [7, 11) is 0. The number of hydrogen-bond acceptors (Lipinski definition) is 3. The van der Waals surface area contributed by atoms with Crippen LogP contribution in [0, 0.1) is 12.8 Å². The van der Waals surface area contributed by atoms with Gasteiger partial charge >= 0.3 is 6.03 Å². The highest BCUT2D eigenvalue weighted by atomic mass is 16.5. The van der Waals surface area contributed by atoms with Gasteiger partial charge in [0.25, 0.3) is 0 Å². The minimum atomic E-state index is -0.907. The lowest BCUT2D eigenvalue weighted by Gasteiger charge is -2.27. The summed E-state index contributed by atoms with van der Waals surface area (Å²) in [6, 6.07) is 7.45. The van der Waals surface area contributed by atoms with Crippen LogP contribution < -0.4 is 15.4 Å². The normalized spacial score (nSPS) is 13.6. The van der Waals surface area contributed by atoms with Crippen molar-refractivity contribution in [3.8, 4) is 5.75 Å². The van der Waals surface area contributed by atoms with Crippen LogP contribution >= 0.6 is 0 Å². The SMILES string of the molecule is Cc1cccc(OCCNC(=O)NCC(C)(O)C(C)C)c1. The van der Waals surface area contributed by atoms with Crippen LogP contribution in [-0.4, -0.2) is 36.4 Å². The molecule has 0 bridgehead atoms. The van der Waals surface area contributed by atoms with Gasteiger partial charge in [-0.15, -0.1) is 0 Å². The second kappa shape index (κ2) is 7.88. The Labute approximate surface area is 126 Å². The summed E-state index contributed by atoms with van der Waals surface area (Å²) in [6.45, 7) is 8.55. The fourth-order valence-corrected chi connectivity index (χ4v) is 1.56. The largest absolute Gasteiger partial charge is 0.492 e. The molecule has 0 fully saturated rings. The lowest BCUT2D eigenvalue weighted by Crippen LogP contribution is -2.47. The van der Waals surface area contributed by atoms with E-state index in [2.05, 4.69) is 10.6 Å². The second-order valence-corrected chi connectivity index (χ2v) is 5.79. The van der Waals surface area contributed by atoms with E-state index in [9.17, 15) is 9.90 Å². The Morgan fingerprint density at radius 2 is 2.10 bits per heavy atom. The van der Waals surface area contributed by atoms with Crippen molar-refractivity contribution in [1.82, 2.24) is 10.6 Å². The number of amides is 2. The predicted octanol–water partition coefficient (Wildman–Crippen LogP) is 2.08. The van der Waals surface area contributed by atoms with E-state index in [4.69, 9.17) is 4.74 Å². The van der Waals surface area contributed by atoms with Crippen molar-refractivity contribution in [3.63, 3.8) is 0 Å². The van der Waals surface area contributed by atoms with Gasteiger partial charge in [0.1, 0.15) is 12.4 Å². The summed E-state index contributed by atoms with van der Waals surface area (Å²) in [5.41, 5.74) is 0.226. The van der Waals surface area contributed by atoms with Crippen LogP contribution in [0.4, 0.5) is 4.79 Å². The van der Waals surface area contributed by atoms with E-state index in [0.717, 1.165) is 11.3 Å². The molecule has 3 N–H and O–H groups in total. The van der Waals surface area contributed by atoms with Gasteiger partial charge in [0.15, 0.2) is 0 Å². The smallest absolute Gasteiger partial charge is 0.315 e. The molecular weight excluding hydrogens is 268 g/mol. The Hall–Kier alpha value is -1.75. The van der Waals surface area contributed by atoms with Crippen LogP contribution in [-0.2, 0) is 0 Å². The zero-order valence-corrected chi connectivity index (χ0v) is 13.3. The molecule has 0 radical (unpaired) electrons. The van der Waals surface area contributed by atoms with Crippen LogP contribution in [0.3, 0.4) is 0 Å². The molecule has 1 unspecified atom stereocenters. The minimum Gasteiger partial charge on any atom is -0.492 e. The van der Waals surface area contributed by atoms with E-state index in [-0.39, 0.29) is 18.5 Å². The van der Waals surface area contributed by atoms with E-state index < -0.39 is 5.60 Å². The third-order valence-corrected chi connectivity index (χ3v) is 3.50. The Bertz CT molecular complexity index is 459. The van der Waals surface area contributed by atoms with E-state index >= 15 is 0 Å². The number of ether oxygens (including phenoxy) is 1. The van der Waals surface area contributed by atoms with Crippen LogP contribution in [0.5, 0.6) is 5.75 Å². The van der Waals surface area contributed by atoms with Gasteiger partial charge in [-0.3, -0.25) is 0 Å². The molecular formula is C16H26N2O3. The fraction of sp³-hybridized carbons (Fsp3) is 0.562. The van der Waals surface area contributed by atoms with Crippen molar-refractivity contribution < 1.29 is 14.6 Å². The quantitative estimate of drug-likeness (QED) is 0.674. The standard InChI is InChI=1S/C16H26N2O3/c1-12(2)16(4,20)11-18-15(19)17-8-9-21-14-7-5-6-13(3)10-14/h5-7,10,12,20H,8-9,11H2,1-4H3,(H2,17,18,19). The first kappa shape index (κ1) is 17.3. The molecule has 1 atom stereocenters. The van der Waals surface area contributed by atoms with Crippen molar-refractivity contribution >= 4 is 6.03 Å². The predicted molar refractivity (Wildman–Crippen MR) is 83.5 cm³/mol. The van der Waals surface area contributed by atoms with Crippen molar-refractivity contribution in [2.75, 3.05) is 19.7 Å². The maximum absolute atomic E-state index is 11.6. The molecule has 0 heterocycles. The number of carbonyl (C=O) groups excluding carboxylic acids is 1. The summed E-state index contributed by atoms with van der Waals surface area (Å²) in [5.74, 6) is 0.863. The van der Waals surface area contributed by atoms with Gasteiger partial charge in [0.05, 0.1) is 12.1 Å². The number of aryl methyl sites for hydroxylation is 1. The molecule has 0 aromatic heterocycles. The molecule has 0 spiro atoms. The Morgan fingerprint density at radius 1 is 1.38 bits per heavy atom. The van der Waals surface area contributed by atoms with Crippen LogP contribution in [0.1, 0.15) is 26.3 Å². The lowest BCUT2D eigenvalue weighted by atomic mass is 9.93. The monoisotopic (exact) mass is 294 g/mol. The van der Waals surface area contributed by atoms with Crippen molar-refractivity contribution in [3.05, 3.63) is 29.8 Å². The van der Waals surface area contributed by atoms with E-state index in [0.29, 0.717) is 13.2 Å². The van der Waals surface area contributed by atoms with Gasteiger partial charge in [-0.1, -0.05) is 26.0 Å². The first-order valence-electron chi connectivity index (χ1n) is 7.25. The van der Waals surface area contributed by atoms with Crippen molar-refractivity contribution in [2.45, 2.75) is 33.3 Å². The molecule has 0 saturated heterocycles. The number of carbonyl (C=O) groups is 1. The highest BCUT2D eigenvalue weighted by Gasteiger charge is 2.25. The van der Waals surface area contributed by atoms with Crippen molar-refractivity contribution in [2.24, 2.45) is 5.92 Å². The maximum atomic E-state index is 11.6. The van der Waals surface area contributed by atoms with E-state index in [1.54, 1.807) is 6.92 Å². The highest BCUT2D eigenvalue weighted by molar-refractivity contribution is 5.73. The molecule has 0 aliphatic rings. The molecule has 5 nitrogen and oxygen atoms in total. The Kier molecular flexibility index (Phi) is 6.49.